The summed E-state index contributed by atoms with van der Waals surface area (Å²) in [6, 6.07) is 0.126. The molecule has 118 valence electrons. The lowest BCUT2D eigenvalue weighted by Gasteiger charge is -2.16. The molecule has 0 bridgehead atoms. The van der Waals surface area contributed by atoms with Gasteiger partial charge in [-0.1, -0.05) is 13.8 Å². The number of aromatic nitrogens is 1. The molecule has 1 atom stereocenters. The van der Waals surface area contributed by atoms with Gasteiger partial charge in [0.1, 0.15) is 16.6 Å². The van der Waals surface area contributed by atoms with Crippen molar-refractivity contribution in [1.29, 1.82) is 0 Å². The van der Waals surface area contributed by atoms with Crippen LogP contribution in [0.1, 0.15) is 31.3 Å². The van der Waals surface area contributed by atoms with E-state index in [0.29, 0.717) is 13.1 Å². The van der Waals surface area contributed by atoms with Gasteiger partial charge in [-0.05, 0) is 13.0 Å². The largest absolute Gasteiger partial charge is 0.480 e. The summed E-state index contributed by atoms with van der Waals surface area (Å²) in [5, 5.41) is 11.0. The lowest BCUT2D eigenvalue weighted by molar-refractivity contribution is -0.138. The molecule has 0 saturated heterocycles. The fourth-order valence-electron chi connectivity index (χ4n) is 1.70. The highest BCUT2D eigenvalue weighted by Crippen LogP contribution is 2.16. The van der Waals surface area contributed by atoms with Crippen LogP contribution >= 0.6 is 0 Å². The minimum Gasteiger partial charge on any atom is -0.480 e. The van der Waals surface area contributed by atoms with Gasteiger partial charge in [0.05, 0.1) is 0 Å². The Morgan fingerprint density at radius 2 is 1.95 bits per heavy atom. The van der Waals surface area contributed by atoms with Crippen molar-refractivity contribution in [3.05, 3.63) is 18.0 Å². The van der Waals surface area contributed by atoms with Crippen molar-refractivity contribution in [3.8, 4) is 0 Å². The molecule has 3 N–H and O–H groups in total. The molecule has 0 radical (unpaired) electrons. The predicted octanol–water partition coefficient (Wildman–Crippen LogP) is 0.248. The smallest absolute Gasteiger partial charge is 0.325 e. The van der Waals surface area contributed by atoms with Gasteiger partial charge >= 0.3 is 5.97 Å². The topological polar surface area (TPSA) is 120 Å². The molecule has 8 nitrogen and oxygen atoms in total. The number of nitrogens with one attached hydrogen (secondary N) is 2. The van der Waals surface area contributed by atoms with Crippen LogP contribution in [0.3, 0.4) is 0 Å². The molecule has 1 aromatic rings. The highest BCUT2D eigenvalue weighted by atomic mass is 32.2. The van der Waals surface area contributed by atoms with E-state index in [1.807, 2.05) is 0 Å². The highest BCUT2D eigenvalue weighted by molar-refractivity contribution is 7.89. The van der Waals surface area contributed by atoms with Crippen LogP contribution in [0, 0.1) is 0 Å². The predicted molar refractivity (Wildman–Crippen MR) is 75.5 cm³/mol. The molecule has 0 aliphatic carbocycles. The standard InChI is InChI=1S/C12H19N3O5S/c1-4-15(5-2)21(19,20)9-6-10(13-7-9)11(16)14-8(3)12(17)18/h6-8,13H,4-5H2,1-3H3,(H,14,16)(H,17,18). The summed E-state index contributed by atoms with van der Waals surface area (Å²) in [4.78, 5) is 25.0. The van der Waals surface area contributed by atoms with E-state index in [1.165, 1.54) is 23.5 Å². The summed E-state index contributed by atoms with van der Waals surface area (Å²) < 4.78 is 25.7. The number of hydrogen-bond acceptors (Lipinski definition) is 4. The molecule has 0 aliphatic heterocycles. The Hall–Kier alpha value is -1.87. The molecular formula is C12H19N3O5S. The van der Waals surface area contributed by atoms with Gasteiger partial charge in [-0.3, -0.25) is 9.59 Å². The number of carbonyl (C=O) groups is 2. The molecule has 0 spiro atoms. The molecule has 9 heteroatoms. The Morgan fingerprint density at radius 3 is 2.43 bits per heavy atom. The summed E-state index contributed by atoms with van der Waals surface area (Å²) in [6.45, 7) is 5.39. The van der Waals surface area contributed by atoms with E-state index in [4.69, 9.17) is 5.11 Å². The molecule has 1 heterocycles. The van der Waals surface area contributed by atoms with Gasteiger partial charge in [0.25, 0.3) is 5.91 Å². The van der Waals surface area contributed by atoms with Crippen molar-refractivity contribution in [1.82, 2.24) is 14.6 Å². The second kappa shape index (κ2) is 6.72. The van der Waals surface area contributed by atoms with Gasteiger partial charge in [0, 0.05) is 19.3 Å². The van der Waals surface area contributed by atoms with Crippen LogP contribution in [0.5, 0.6) is 0 Å². The Bertz CT molecular complexity index is 619. The minimum absolute atomic E-state index is 0.00571. The zero-order valence-corrected chi connectivity index (χ0v) is 12.9. The van der Waals surface area contributed by atoms with Crippen molar-refractivity contribution in [2.45, 2.75) is 31.7 Å². The number of hydrogen-bond donors (Lipinski definition) is 3. The number of carboxylic acids is 1. The number of H-pyrrole nitrogens is 1. The Balaban J connectivity index is 2.96. The third kappa shape index (κ3) is 3.82. The first-order valence-electron chi connectivity index (χ1n) is 6.46. The summed E-state index contributed by atoms with van der Waals surface area (Å²) in [7, 11) is -3.65. The van der Waals surface area contributed by atoms with E-state index in [-0.39, 0.29) is 10.6 Å². The Labute approximate surface area is 123 Å². The molecular weight excluding hydrogens is 298 g/mol. The van der Waals surface area contributed by atoms with E-state index in [2.05, 4.69) is 10.3 Å². The van der Waals surface area contributed by atoms with Crippen LogP contribution in [0.4, 0.5) is 0 Å². The van der Waals surface area contributed by atoms with Gasteiger partial charge in [0.15, 0.2) is 0 Å². The van der Waals surface area contributed by atoms with Crippen LogP contribution < -0.4 is 5.32 Å². The number of carboxylic acid groups (broad SMARTS) is 1. The maximum atomic E-state index is 12.2. The van der Waals surface area contributed by atoms with Crippen LogP contribution in [-0.4, -0.2) is 53.8 Å². The van der Waals surface area contributed by atoms with Gasteiger partial charge in [-0.15, -0.1) is 0 Å². The van der Waals surface area contributed by atoms with E-state index in [9.17, 15) is 18.0 Å². The molecule has 0 aliphatic rings. The van der Waals surface area contributed by atoms with Gasteiger partial charge < -0.3 is 15.4 Å². The number of carbonyl (C=O) groups excluding carboxylic acids is 1. The average Bonchev–Trinajstić information content (AvgIpc) is 2.89. The third-order valence-corrected chi connectivity index (χ3v) is 4.99. The molecule has 1 unspecified atom stereocenters. The van der Waals surface area contributed by atoms with Crippen molar-refractivity contribution in [3.63, 3.8) is 0 Å². The van der Waals surface area contributed by atoms with E-state index in [0.717, 1.165) is 0 Å². The summed E-state index contributed by atoms with van der Waals surface area (Å²) in [6.07, 6.45) is 1.22. The lowest BCUT2D eigenvalue weighted by atomic mass is 10.3. The number of nitrogens with zero attached hydrogens (tertiary/aromatic N) is 1. The lowest BCUT2D eigenvalue weighted by Crippen LogP contribution is -2.38. The minimum atomic E-state index is -3.65. The normalized spacial score (nSPS) is 13.1. The quantitative estimate of drug-likeness (QED) is 0.666. The van der Waals surface area contributed by atoms with Gasteiger partial charge in [-0.25, -0.2) is 8.42 Å². The summed E-state index contributed by atoms with van der Waals surface area (Å²) >= 11 is 0. The van der Waals surface area contributed by atoms with Gasteiger partial charge in [0.2, 0.25) is 10.0 Å². The first kappa shape index (κ1) is 17.2. The van der Waals surface area contributed by atoms with Crippen molar-refractivity contribution in [2.75, 3.05) is 13.1 Å². The van der Waals surface area contributed by atoms with Crippen LogP contribution in [0.15, 0.2) is 17.2 Å². The van der Waals surface area contributed by atoms with Crippen LogP contribution in [0.2, 0.25) is 0 Å². The summed E-state index contributed by atoms with van der Waals surface area (Å²) in [5.41, 5.74) is -0.00571. The van der Waals surface area contributed by atoms with Crippen molar-refractivity contribution in [2.24, 2.45) is 0 Å². The SMILES string of the molecule is CCN(CC)S(=O)(=O)c1c[nH]c(C(=O)NC(C)C(=O)O)c1. The first-order valence-corrected chi connectivity index (χ1v) is 7.90. The second-order valence-electron chi connectivity index (χ2n) is 4.37. The Morgan fingerprint density at radius 1 is 1.38 bits per heavy atom. The monoisotopic (exact) mass is 317 g/mol. The molecule has 21 heavy (non-hydrogen) atoms. The van der Waals surface area contributed by atoms with Crippen molar-refractivity contribution < 1.29 is 23.1 Å². The fourth-order valence-corrected chi connectivity index (χ4v) is 3.16. The Kier molecular flexibility index (Phi) is 5.50. The first-order chi connectivity index (χ1) is 9.73. The van der Waals surface area contributed by atoms with Gasteiger partial charge in [-0.2, -0.15) is 4.31 Å². The zero-order valence-electron chi connectivity index (χ0n) is 12.1. The summed E-state index contributed by atoms with van der Waals surface area (Å²) in [5.74, 6) is -1.85. The molecule has 1 amide bonds. The number of amides is 1. The number of sulfonamides is 1. The van der Waals surface area contributed by atoms with E-state index < -0.39 is 27.9 Å². The number of aromatic amines is 1. The van der Waals surface area contributed by atoms with E-state index >= 15 is 0 Å². The number of aliphatic carboxylic acids is 1. The average molecular weight is 317 g/mol. The number of rotatable bonds is 7. The van der Waals surface area contributed by atoms with Crippen LogP contribution in [0.25, 0.3) is 0 Å². The zero-order chi connectivity index (χ0) is 16.2. The maximum Gasteiger partial charge on any atom is 0.325 e. The van der Waals surface area contributed by atoms with E-state index in [1.54, 1.807) is 13.8 Å². The third-order valence-electron chi connectivity index (χ3n) is 2.96. The highest BCUT2D eigenvalue weighted by Gasteiger charge is 2.24. The van der Waals surface area contributed by atoms with Crippen molar-refractivity contribution >= 4 is 21.9 Å². The van der Waals surface area contributed by atoms with Crippen LogP contribution in [-0.2, 0) is 14.8 Å². The molecule has 0 saturated carbocycles. The maximum absolute atomic E-state index is 12.2. The second-order valence-corrected chi connectivity index (χ2v) is 6.31. The molecule has 1 aromatic heterocycles. The molecule has 0 fully saturated rings. The molecule has 1 rings (SSSR count). The molecule has 0 aromatic carbocycles. The fraction of sp³-hybridized carbons (Fsp3) is 0.500.